The van der Waals surface area contributed by atoms with Crippen LogP contribution in [0.1, 0.15) is 85.5 Å². The van der Waals surface area contributed by atoms with E-state index in [2.05, 4.69) is 20.8 Å². The van der Waals surface area contributed by atoms with Gasteiger partial charge in [0.25, 0.3) is 0 Å². The van der Waals surface area contributed by atoms with Crippen molar-refractivity contribution in [2.75, 3.05) is 33.0 Å². The molecule has 4 saturated heterocycles. The number of carbonyl (C=O) groups is 1. The van der Waals surface area contributed by atoms with E-state index in [1.807, 2.05) is 6.92 Å². The summed E-state index contributed by atoms with van der Waals surface area (Å²) in [5, 5.41) is 136. The van der Waals surface area contributed by atoms with E-state index in [1.54, 1.807) is 0 Å². The summed E-state index contributed by atoms with van der Waals surface area (Å²) in [6.07, 6.45) is -24.0. The molecular weight excluding hydrogens is 969 g/mol. The molecule has 4 aliphatic carbocycles. The van der Waals surface area contributed by atoms with E-state index in [0.29, 0.717) is 38.5 Å². The van der Waals surface area contributed by atoms with Gasteiger partial charge in [0.1, 0.15) is 103 Å². The molecular formula is C50H80O23. The molecule has 4 saturated carbocycles. The van der Waals surface area contributed by atoms with Gasteiger partial charge in [0.15, 0.2) is 25.2 Å². The van der Waals surface area contributed by atoms with Crippen molar-refractivity contribution >= 4 is 5.78 Å². The molecule has 0 aromatic rings. The number of ether oxygens (including phenoxy) is 9. The third-order valence-electron chi connectivity index (χ3n) is 19.0. The molecule has 9 rings (SSSR count). The lowest BCUT2D eigenvalue weighted by Gasteiger charge is -2.60. The molecule has 0 amide bonds. The van der Waals surface area contributed by atoms with Crippen LogP contribution < -0.4 is 0 Å². The minimum atomic E-state index is -1.88. The number of Topliss-reactive ketones (excluding diaryl/α,β-unsaturated/α-hetero) is 1. The molecule has 0 aromatic carbocycles. The first-order chi connectivity index (χ1) is 34.7. The number of aliphatic hydroxyl groups is 13. The van der Waals surface area contributed by atoms with Crippen LogP contribution in [0.2, 0.25) is 0 Å². The van der Waals surface area contributed by atoms with Crippen LogP contribution in [0.5, 0.6) is 0 Å². The molecule has 418 valence electrons. The molecule has 9 aliphatic rings. The maximum atomic E-state index is 14.8. The maximum absolute atomic E-state index is 14.8. The molecule has 23 heteroatoms. The Hall–Kier alpha value is -1.63. The van der Waals surface area contributed by atoms with Crippen LogP contribution in [0, 0.1) is 46.3 Å². The summed E-state index contributed by atoms with van der Waals surface area (Å²) in [6.45, 7) is 6.22. The minimum Gasteiger partial charge on any atom is -0.494 e. The average molecular weight is 1050 g/mol. The highest BCUT2D eigenvalue weighted by atomic mass is 16.8. The van der Waals surface area contributed by atoms with Gasteiger partial charge in [0.2, 0.25) is 0 Å². The Morgan fingerprint density at radius 3 is 1.93 bits per heavy atom. The zero-order valence-electron chi connectivity index (χ0n) is 41.9. The predicted octanol–water partition coefficient (Wildman–Crippen LogP) is -3.19. The SMILES string of the molecule is CC1=C(CC[C@@H](C)CO[C@@H]2O[C@H](CO)[C@@H](O)[C@H](O)[C@H]2O)O[C@H]2C[C@H]3[C@@H]4CC[C@@H]5C[C@@H](O[C@@H]6O[C@H](CO)[C@@H](O)[C@H](O[C@@H]7OC[C@@H](O)[C@H](O)[C@H]7O)[C@H]6O[C@@H]6O[C@H](CO)[C@@H](O)[C@H](O)[C@H]6O)CC[C@]5(C)[C@H]4CC(=O)[C@]3(C)[C@@H]12. The number of ketones is 1. The van der Waals surface area contributed by atoms with Gasteiger partial charge in [-0.25, -0.2) is 0 Å². The Kier molecular flexibility index (Phi) is 17.1. The monoisotopic (exact) mass is 1050 g/mol. The molecule has 73 heavy (non-hydrogen) atoms. The van der Waals surface area contributed by atoms with Crippen LogP contribution in [0.3, 0.4) is 0 Å². The van der Waals surface area contributed by atoms with Gasteiger partial charge in [-0.1, -0.05) is 20.8 Å². The number of carbonyl (C=O) groups excluding carboxylic acids is 1. The second-order valence-corrected chi connectivity index (χ2v) is 23.1. The van der Waals surface area contributed by atoms with Crippen molar-refractivity contribution in [3.63, 3.8) is 0 Å². The first-order valence-corrected chi connectivity index (χ1v) is 26.3. The van der Waals surface area contributed by atoms with E-state index in [0.717, 1.165) is 30.6 Å². The van der Waals surface area contributed by atoms with Crippen LogP contribution in [0.25, 0.3) is 0 Å². The van der Waals surface area contributed by atoms with Crippen molar-refractivity contribution in [2.24, 2.45) is 46.3 Å². The molecule has 0 radical (unpaired) electrons. The molecule has 13 N–H and O–H groups in total. The third-order valence-corrected chi connectivity index (χ3v) is 19.0. The first kappa shape index (κ1) is 56.1. The molecule has 29 atom stereocenters. The number of hydrogen-bond acceptors (Lipinski definition) is 23. The Labute approximate surface area is 423 Å². The van der Waals surface area contributed by atoms with E-state index < -0.39 is 155 Å². The molecule has 0 spiro atoms. The molecule has 23 nitrogen and oxygen atoms in total. The Morgan fingerprint density at radius 1 is 0.658 bits per heavy atom. The lowest BCUT2D eigenvalue weighted by Crippen LogP contribution is -2.67. The fourth-order valence-corrected chi connectivity index (χ4v) is 14.6. The topological polar surface area (TPSA) is 363 Å². The molecule has 0 aromatic heterocycles. The summed E-state index contributed by atoms with van der Waals surface area (Å²) in [6, 6.07) is 0. The van der Waals surface area contributed by atoms with Gasteiger partial charge in [-0.05, 0) is 92.4 Å². The van der Waals surface area contributed by atoms with Gasteiger partial charge in [-0.3, -0.25) is 4.79 Å². The van der Waals surface area contributed by atoms with E-state index in [9.17, 15) is 71.2 Å². The highest BCUT2D eigenvalue weighted by Gasteiger charge is 2.68. The van der Waals surface area contributed by atoms with E-state index in [1.165, 1.54) is 0 Å². The Balaban J connectivity index is 0.861. The number of hydrogen-bond donors (Lipinski definition) is 13. The highest BCUT2D eigenvalue weighted by molar-refractivity contribution is 5.87. The lowest BCUT2D eigenvalue weighted by atomic mass is 9.44. The second-order valence-electron chi connectivity index (χ2n) is 23.1. The van der Waals surface area contributed by atoms with Gasteiger partial charge in [0, 0.05) is 24.2 Å². The van der Waals surface area contributed by atoms with Crippen LogP contribution in [0.4, 0.5) is 0 Å². The smallest absolute Gasteiger partial charge is 0.187 e. The zero-order valence-corrected chi connectivity index (χ0v) is 41.9. The van der Waals surface area contributed by atoms with Crippen molar-refractivity contribution in [1.29, 1.82) is 0 Å². The summed E-state index contributed by atoms with van der Waals surface area (Å²) >= 11 is 0. The highest BCUT2D eigenvalue weighted by Crippen LogP contribution is 2.69. The van der Waals surface area contributed by atoms with E-state index in [-0.39, 0.29) is 59.4 Å². The summed E-state index contributed by atoms with van der Waals surface area (Å²) < 4.78 is 54.4. The zero-order chi connectivity index (χ0) is 52.6. The van der Waals surface area contributed by atoms with Crippen LogP contribution in [0.15, 0.2) is 11.3 Å². The van der Waals surface area contributed by atoms with Crippen LogP contribution >= 0.6 is 0 Å². The summed E-state index contributed by atoms with van der Waals surface area (Å²) in [7, 11) is 0. The maximum Gasteiger partial charge on any atom is 0.187 e. The summed E-state index contributed by atoms with van der Waals surface area (Å²) in [4.78, 5) is 14.8. The minimum absolute atomic E-state index is 0.00457. The van der Waals surface area contributed by atoms with Gasteiger partial charge in [-0.2, -0.15) is 0 Å². The van der Waals surface area contributed by atoms with Crippen molar-refractivity contribution in [2.45, 2.75) is 214 Å². The number of rotatable bonds is 15. The standard InChI is InChI=1S/C50H80O23/c1-19(17-65-45-41(63)38(60)35(57)29(14-51)69-45)5-8-27-20(2)33-28(68-27)12-25-23-7-6-21-11-22(9-10-49(21,3)24(23)13-32(55)50(25,33)4)67-48-44(73-47-42(64)39(61)36(58)30(15-52)70-47)43(37(59)31(16-53)71-48)72-46-40(62)34(56)26(54)18-66-46/h19,21-26,28-31,33-48,51-54,56-64H,5-18H2,1-4H3/t19-,21-,22+,23-,24+,25+,26-,28+,29-,30-,31-,33+,34+,35-,36-,37-,38+,39+,40-,41-,42-,43+,44-,45-,46+,47+,48-,49+,50-/m1/s1. The largest absolute Gasteiger partial charge is 0.494 e. The average Bonchev–Trinajstić information content (AvgIpc) is 3.86. The predicted molar refractivity (Wildman–Crippen MR) is 245 cm³/mol. The molecule has 5 aliphatic heterocycles. The van der Waals surface area contributed by atoms with Crippen molar-refractivity contribution < 1.29 is 114 Å². The van der Waals surface area contributed by atoms with Crippen molar-refractivity contribution in [3.05, 3.63) is 11.3 Å². The van der Waals surface area contributed by atoms with Crippen molar-refractivity contribution in [3.8, 4) is 0 Å². The second kappa shape index (κ2) is 22.2. The summed E-state index contributed by atoms with van der Waals surface area (Å²) in [5.74, 6) is 1.71. The number of fused-ring (bicyclic) bond motifs is 7. The normalized spacial score (nSPS) is 52.5. The summed E-state index contributed by atoms with van der Waals surface area (Å²) in [5.41, 5.74) is 0.274. The van der Waals surface area contributed by atoms with Gasteiger partial charge in [0.05, 0.1) is 44.9 Å². The molecule has 0 bridgehead atoms. The van der Waals surface area contributed by atoms with E-state index in [4.69, 9.17) is 42.6 Å². The Bertz CT molecular complexity index is 1930. The molecule has 5 heterocycles. The number of aliphatic hydroxyl groups excluding tert-OH is 13. The fraction of sp³-hybridized carbons (Fsp3) is 0.940. The lowest BCUT2D eigenvalue weighted by molar-refractivity contribution is -0.392. The quantitative estimate of drug-likeness (QED) is 0.0719. The van der Waals surface area contributed by atoms with Gasteiger partial charge in [-0.15, -0.1) is 0 Å². The Morgan fingerprint density at radius 2 is 1.26 bits per heavy atom. The number of allylic oxidation sites excluding steroid dienone is 1. The van der Waals surface area contributed by atoms with Gasteiger partial charge >= 0.3 is 0 Å². The van der Waals surface area contributed by atoms with E-state index >= 15 is 0 Å². The van der Waals surface area contributed by atoms with Crippen LogP contribution in [-0.4, -0.2) is 234 Å². The van der Waals surface area contributed by atoms with Crippen LogP contribution in [-0.2, 0) is 47.4 Å². The first-order valence-electron chi connectivity index (χ1n) is 26.3. The van der Waals surface area contributed by atoms with Gasteiger partial charge < -0.3 is 109 Å². The van der Waals surface area contributed by atoms with Crippen molar-refractivity contribution in [1.82, 2.24) is 0 Å². The molecule has 8 fully saturated rings. The third kappa shape index (κ3) is 10.1. The fourth-order valence-electron chi connectivity index (χ4n) is 14.6. The molecule has 0 unspecified atom stereocenters.